The predicted molar refractivity (Wildman–Crippen MR) is 116 cm³/mol. The molecule has 0 aromatic heterocycles. The van der Waals surface area contributed by atoms with Gasteiger partial charge in [0, 0.05) is 6.08 Å². The molecule has 0 fully saturated rings. The zero-order chi connectivity index (χ0) is 20.8. The Bertz CT molecular complexity index is 1050. The lowest BCUT2D eigenvalue weighted by atomic mass is 9.91. The quantitative estimate of drug-likeness (QED) is 0.547. The van der Waals surface area contributed by atoms with Crippen molar-refractivity contribution in [1.82, 2.24) is 0 Å². The first-order valence-corrected chi connectivity index (χ1v) is 9.48. The Balaban J connectivity index is 2.09. The van der Waals surface area contributed by atoms with Crippen LogP contribution in [0.1, 0.15) is 23.6 Å². The molecule has 0 bridgehead atoms. The second-order valence-corrected chi connectivity index (χ2v) is 6.71. The van der Waals surface area contributed by atoms with Gasteiger partial charge in [-0.05, 0) is 69.6 Å². The molecule has 0 aliphatic rings. The fraction of sp³-hybridized carbons (Fsp3) is 0.160. The summed E-state index contributed by atoms with van der Waals surface area (Å²) in [6, 6.07) is 19.8. The molecule has 3 rings (SSSR count). The van der Waals surface area contributed by atoms with E-state index in [2.05, 4.69) is 19.1 Å². The van der Waals surface area contributed by atoms with E-state index in [-0.39, 0.29) is 6.61 Å². The fourth-order valence-electron chi connectivity index (χ4n) is 3.40. The molecule has 3 aromatic carbocycles. The number of carboxylic acid groups (broad SMARTS) is 1. The van der Waals surface area contributed by atoms with Crippen molar-refractivity contribution in [1.29, 1.82) is 0 Å². The molecule has 0 atom stereocenters. The Morgan fingerprint density at radius 3 is 2.45 bits per heavy atom. The number of aliphatic carboxylic acids is 1. The Morgan fingerprint density at radius 2 is 1.76 bits per heavy atom. The van der Waals surface area contributed by atoms with Gasteiger partial charge >= 0.3 is 5.97 Å². The molecule has 0 unspecified atom stereocenters. The molecule has 2 N–H and O–H groups in total. The molecule has 0 radical (unpaired) electrons. The predicted octanol–water partition coefficient (Wildman–Crippen LogP) is 5.18. The summed E-state index contributed by atoms with van der Waals surface area (Å²) in [4.78, 5) is 11.0. The third-order valence-electron chi connectivity index (χ3n) is 4.88. The molecule has 4 nitrogen and oxygen atoms in total. The average molecular weight is 388 g/mol. The van der Waals surface area contributed by atoms with Crippen LogP contribution in [-0.2, 0) is 17.8 Å². The summed E-state index contributed by atoms with van der Waals surface area (Å²) in [5.74, 6) is -0.320. The van der Waals surface area contributed by atoms with Gasteiger partial charge < -0.3 is 14.9 Å². The van der Waals surface area contributed by atoms with Crippen LogP contribution in [-0.4, -0.2) is 23.3 Å². The number of carbonyl (C=O) groups is 1. The Kier molecular flexibility index (Phi) is 6.47. The van der Waals surface area contributed by atoms with E-state index in [4.69, 9.17) is 9.84 Å². The van der Waals surface area contributed by atoms with Crippen molar-refractivity contribution in [3.8, 4) is 28.0 Å². The maximum Gasteiger partial charge on any atom is 0.328 e. The van der Waals surface area contributed by atoms with E-state index in [0.29, 0.717) is 5.75 Å². The van der Waals surface area contributed by atoms with E-state index in [1.807, 2.05) is 48.5 Å². The molecule has 29 heavy (non-hydrogen) atoms. The van der Waals surface area contributed by atoms with Crippen LogP contribution in [0.3, 0.4) is 0 Å². The van der Waals surface area contributed by atoms with Crippen molar-refractivity contribution in [2.24, 2.45) is 0 Å². The van der Waals surface area contributed by atoms with E-state index < -0.39 is 5.97 Å². The first-order chi connectivity index (χ1) is 14.0. The van der Waals surface area contributed by atoms with Crippen LogP contribution in [0, 0.1) is 0 Å². The molecule has 0 saturated carbocycles. The van der Waals surface area contributed by atoms with Crippen molar-refractivity contribution in [3.63, 3.8) is 0 Å². The van der Waals surface area contributed by atoms with E-state index in [9.17, 15) is 9.90 Å². The lowest BCUT2D eigenvalue weighted by molar-refractivity contribution is -0.131. The topological polar surface area (TPSA) is 66.8 Å². The van der Waals surface area contributed by atoms with E-state index in [0.717, 1.165) is 45.9 Å². The SMILES string of the molecule is CCc1cc(-c2ccc(OC)cc2/C=C/C(=O)O)ccc1-c1cccc(CO)c1. The van der Waals surface area contributed by atoms with Crippen molar-refractivity contribution in [2.45, 2.75) is 20.0 Å². The second kappa shape index (κ2) is 9.22. The van der Waals surface area contributed by atoms with Crippen molar-refractivity contribution < 1.29 is 19.7 Å². The normalized spacial score (nSPS) is 11.0. The number of benzene rings is 3. The van der Waals surface area contributed by atoms with Gasteiger partial charge in [-0.2, -0.15) is 0 Å². The zero-order valence-electron chi connectivity index (χ0n) is 16.6. The number of aliphatic hydroxyl groups is 1. The highest BCUT2D eigenvalue weighted by molar-refractivity contribution is 5.88. The molecular weight excluding hydrogens is 364 g/mol. The van der Waals surface area contributed by atoms with Gasteiger partial charge in [0.25, 0.3) is 0 Å². The minimum absolute atomic E-state index is 0.0124. The Hall–Kier alpha value is -3.37. The van der Waals surface area contributed by atoms with Crippen LogP contribution < -0.4 is 4.74 Å². The molecule has 148 valence electrons. The maximum atomic E-state index is 11.0. The molecule has 0 saturated heterocycles. The summed E-state index contributed by atoms with van der Waals surface area (Å²) in [6.45, 7) is 2.12. The minimum atomic E-state index is -0.993. The summed E-state index contributed by atoms with van der Waals surface area (Å²) in [6.07, 6.45) is 3.57. The second-order valence-electron chi connectivity index (χ2n) is 6.71. The first kappa shape index (κ1) is 20.4. The number of methoxy groups -OCH3 is 1. The first-order valence-electron chi connectivity index (χ1n) is 9.48. The third-order valence-corrected chi connectivity index (χ3v) is 4.88. The van der Waals surface area contributed by atoms with Crippen LogP contribution in [0.15, 0.2) is 66.7 Å². The summed E-state index contributed by atoms with van der Waals surface area (Å²) in [5.41, 5.74) is 6.99. The van der Waals surface area contributed by atoms with Gasteiger partial charge in [0.15, 0.2) is 0 Å². The third kappa shape index (κ3) is 4.73. The maximum absolute atomic E-state index is 11.0. The zero-order valence-corrected chi connectivity index (χ0v) is 16.6. The van der Waals surface area contributed by atoms with Crippen LogP contribution in [0.25, 0.3) is 28.3 Å². The number of aryl methyl sites for hydroxylation is 1. The molecule has 0 heterocycles. The molecular formula is C25H24O4. The van der Waals surface area contributed by atoms with Crippen molar-refractivity contribution in [3.05, 3.63) is 83.4 Å². The number of carboxylic acids is 1. The molecule has 0 spiro atoms. The highest BCUT2D eigenvalue weighted by Gasteiger charge is 2.10. The fourth-order valence-corrected chi connectivity index (χ4v) is 3.40. The van der Waals surface area contributed by atoms with Gasteiger partial charge in [0.2, 0.25) is 0 Å². The van der Waals surface area contributed by atoms with Crippen molar-refractivity contribution in [2.75, 3.05) is 7.11 Å². The highest BCUT2D eigenvalue weighted by atomic mass is 16.5. The molecule has 0 amide bonds. The van der Waals surface area contributed by atoms with Crippen LogP contribution in [0.5, 0.6) is 5.75 Å². The number of rotatable bonds is 7. The summed E-state index contributed by atoms with van der Waals surface area (Å²) in [5, 5.41) is 18.4. The van der Waals surface area contributed by atoms with E-state index in [1.54, 1.807) is 13.2 Å². The Morgan fingerprint density at radius 1 is 1.00 bits per heavy atom. The largest absolute Gasteiger partial charge is 0.497 e. The number of ether oxygens (including phenoxy) is 1. The van der Waals surface area contributed by atoms with Gasteiger partial charge in [-0.25, -0.2) is 4.79 Å². The van der Waals surface area contributed by atoms with E-state index >= 15 is 0 Å². The number of hydrogen-bond acceptors (Lipinski definition) is 3. The van der Waals surface area contributed by atoms with Gasteiger partial charge in [-0.1, -0.05) is 49.4 Å². The molecule has 0 aliphatic heterocycles. The van der Waals surface area contributed by atoms with Gasteiger partial charge in [-0.15, -0.1) is 0 Å². The lowest BCUT2D eigenvalue weighted by Gasteiger charge is -2.14. The van der Waals surface area contributed by atoms with Gasteiger partial charge in [0.05, 0.1) is 13.7 Å². The lowest BCUT2D eigenvalue weighted by Crippen LogP contribution is -1.93. The summed E-state index contributed by atoms with van der Waals surface area (Å²) < 4.78 is 5.29. The Labute approximate surface area is 170 Å². The molecule has 0 aliphatic carbocycles. The monoisotopic (exact) mass is 388 g/mol. The minimum Gasteiger partial charge on any atom is -0.497 e. The number of aliphatic hydroxyl groups excluding tert-OH is 1. The standard InChI is InChI=1S/C25H24O4/c1-3-18-14-20(7-10-23(18)19-6-4-5-17(13-19)16-26)24-11-9-22(29-2)15-21(24)8-12-25(27)28/h4-15,26H,3,16H2,1-2H3,(H,27,28)/b12-8+. The van der Waals surface area contributed by atoms with Gasteiger partial charge in [-0.3, -0.25) is 0 Å². The molecule has 3 aromatic rings. The van der Waals surface area contributed by atoms with Crippen molar-refractivity contribution >= 4 is 12.0 Å². The smallest absolute Gasteiger partial charge is 0.328 e. The van der Waals surface area contributed by atoms with E-state index in [1.165, 1.54) is 5.56 Å². The average Bonchev–Trinajstić information content (AvgIpc) is 2.77. The summed E-state index contributed by atoms with van der Waals surface area (Å²) in [7, 11) is 1.59. The van der Waals surface area contributed by atoms with Crippen LogP contribution >= 0.6 is 0 Å². The number of hydrogen-bond donors (Lipinski definition) is 2. The highest BCUT2D eigenvalue weighted by Crippen LogP contribution is 2.33. The summed E-state index contributed by atoms with van der Waals surface area (Å²) >= 11 is 0. The molecule has 4 heteroatoms. The van der Waals surface area contributed by atoms with Gasteiger partial charge in [0.1, 0.15) is 5.75 Å². The van der Waals surface area contributed by atoms with Crippen LogP contribution in [0.4, 0.5) is 0 Å². The van der Waals surface area contributed by atoms with Crippen LogP contribution in [0.2, 0.25) is 0 Å².